The number of methoxy groups -OCH3 is 1. The van der Waals surface area contributed by atoms with Gasteiger partial charge in [0.05, 0.1) is 0 Å². The average Bonchev–Trinajstić information content (AvgIpc) is 2.50. The van der Waals surface area contributed by atoms with Crippen LogP contribution >= 0.6 is 11.8 Å². The molecule has 1 aliphatic rings. The molecule has 1 rings (SSSR count). The minimum absolute atomic E-state index is 0.459. The average molecular weight is 274 g/mol. The number of thioether (sulfide) groups is 1. The van der Waals surface area contributed by atoms with Gasteiger partial charge in [0.15, 0.2) is 0 Å². The normalized spacial score (nSPS) is 22.7. The third-order valence-corrected chi connectivity index (χ3v) is 5.01. The summed E-state index contributed by atoms with van der Waals surface area (Å²) in [6.45, 7) is 12.6. The fraction of sp³-hybridized carbons (Fsp3) is 1.00. The largest absolute Gasteiger partial charge is 0.385 e. The molecule has 1 heterocycles. The van der Waals surface area contributed by atoms with Gasteiger partial charge in [-0.3, -0.25) is 4.90 Å². The lowest BCUT2D eigenvalue weighted by molar-refractivity contribution is 0.189. The van der Waals surface area contributed by atoms with Crippen LogP contribution < -0.4 is 5.32 Å². The number of ether oxygens (including phenoxy) is 1. The summed E-state index contributed by atoms with van der Waals surface area (Å²) in [5.41, 5.74) is 0. The highest BCUT2D eigenvalue weighted by Crippen LogP contribution is 2.31. The van der Waals surface area contributed by atoms with E-state index in [2.05, 4.69) is 42.7 Å². The SMILES string of the molecule is COCCCNCC(C)N1CCSC(C)(C)CC1. The van der Waals surface area contributed by atoms with Crippen LogP contribution in [-0.4, -0.2) is 61.3 Å². The number of hydrogen-bond acceptors (Lipinski definition) is 4. The second-order valence-electron chi connectivity index (χ2n) is 5.79. The molecule has 1 fully saturated rings. The Balaban J connectivity index is 2.18. The number of nitrogens with one attached hydrogen (secondary N) is 1. The van der Waals surface area contributed by atoms with Gasteiger partial charge < -0.3 is 10.1 Å². The van der Waals surface area contributed by atoms with Gasteiger partial charge in [-0.25, -0.2) is 0 Å². The summed E-state index contributed by atoms with van der Waals surface area (Å²) in [6.07, 6.45) is 2.40. The Morgan fingerprint density at radius 2 is 2.17 bits per heavy atom. The summed E-state index contributed by atoms with van der Waals surface area (Å²) in [4.78, 5) is 2.63. The summed E-state index contributed by atoms with van der Waals surface area (Å²) in [6, 6.07) is 0.641. The van der Waals surface area contributed by atoms with E-state index in [1.54, 1.807) is 7.11 Å². The van der Waals surface area contributed by atoms with E-state index < -0.39 is 0 Å². The molecule has 4 heteroatoms. The zero-order chi connectivity index (χ0) is 13.4. The summed E-state index contributed by atoms with van der Waals surface area (Å²) in [5.74, 6) is 1.26. The van der Waals surface area contributed by atoms with Gasteiger partial charge in [0.2, 0.25) is 0 Å². The van der Waals surface area contributed by atoms with Gasteiger partial charge in [0.25, 0.3) is 0 Å². The highest BCUT2D eigenvalue weighted by atomic mass is 32.2. The molecule has 0 aliphatic carbocycles. The van der Waals surface area contributed by atoms with E-state index in [4.69, 9.17) is 4.74 Å². The predicted molar refractivity (Wildman–Crippen MR) is 81.6 cm³/mol. The van der Waals surface area contributed by atoms with E-state index in [1.807, 2.05) is 0 Å². The highest BCUT2D eigenvalue weighted by Gasteiger charge is 2.25. The lowest BCUT2D eigenvalue weighted by atomic mass is 10.1. The second-order valence-corrected chi connectivity index (χ2v) is 7.60. The van der Waals surface area contributed by atoms with Gasteiger partial charge in [-0.05, 0) is 32.9 Å². The van der Waals surface area contributed by atoms with Crippen LogP contribution in [0.1, 0.15) is 33.6 Å². The first-order chi connectivity index (χ1) is 8.55. The summed E-state index contributed by atoms with van der Waals surface area (Å²) in [7, 11) is 1.76. The van der Waals surface area contributed by atoms with Crippen LogP contribution in [-0.2, 0) is 4.74 Å². The van der Waals surface area contributed by atoms with E-state index in [1.165, 1.54) is 25.3 Å². The van der Waals surface area contributed by atoms with Crippen LogP contribution in [0.4, 0.5) is 0 Å². The molecular formula is C14H30N2OS. The number of nitrogens with zero attached hydrogens (tertiary/aromatic N) is 1. The first-order valence-electron chi connectivity index (χ1n) is 7.13. The van der Waals surface area contributed by atoms with Gasteiger partial charge in [0.1, 0.15) is 0 Å². The van der Waals surface area contributed by atoms with Gasteiger partial charge >= 0.3 is 0 Å². The van der Waals surface area contributed by atoms with Crippen molar-refractivity contribution in [1.82, 2.24) is 10.2 Å². The summed E-state index contributed by atoms with van der Waals surface area (Å²) in [5, 5.41) is 3.53. The van der Waals surface area contributed by atoms with Crippen molar-refractivity contribution in [3.8, 4) is 0 Å². The van der Waals surface area contributed by atoms with E-state index in [9.17, 15) is 0 Å². The second kappa shape index (κ2) is 8.41. The third-order valence-electron chi connectivity index (χ3n) is 3.64. The highest BCUT2D eigenvalue weighted by molar-refractivity contribution is 8.00. The lowest BCUT2D eigenvalue weighted by Gasteiger charge is -2.28. The van der Waals surface area contributed by atoms with Crippen LogP contribution in [0, 0.1) is 0 Å². The van der Waals surface area contributed by atoms with Crippen LogP contribution in [0.2, 0.25) is 0 Å². The van der Waals surface area contributed by atoms with Crippen molar-refractivity contribution >= 4 is 11.8 Å². The van der Waals surface area contributed by atoms with Gasteiger partial charge in [0, 0.05) is 43.3 Å². The summed E-state index contributed by atoms with van der Waals surface area (Å²) >= 11 is 2.12. The first-order valence-corrected chi connectivity index (χ1v) is 8.11. The molecule has 1 aliphatic heterocycles. The van der Waals surface area contributed by atoms with Crippen molar-refractivity contribution in [3.05, 3.63) is 0 Å². The van der Waals surface area contributed by atoms with Gasteiger partial charge in [-0.1, -0.05) is 13.8 Å². The molecule has 1 N–H and O–H groups in total. The molecular weight excluding hydrogens is 244 g/mol. The Kier molecular flexibility index (Phi) is 7.61. The zero-order valence-corrected chi connectivity index (χ0v) is 13.3. The smallest absolute Gasteiger partial charge is 0.0474 e. The van der Waals surface area contributed by atoms with Crippen LogP contribution in [0.25, 0.3) is 0 Å². The van der Waals surface area contributed by atoms with Gasteiger partial charge in [-0.2, -0.15) is 11.8 Å². The minimum Gasteiger partial charge on any atom is -0.385 e. The van der Waals surface area contributed by atoms with E-state index >= 15 is 0 Å². The molecule has 18 heavy (non-hydrogen) atoms. The standard InChI is InChI=1S/C14H30N2OS/c1-13(12-15-7-5-10-17-4)16-8-6-14(2,3)18-11-9-16/h13,15H,5-12H2,1-4H3. The fourth-order valence-corrected chi connectivity index (χ4v) is 3.37. The Bertz CT molecular complexity index is 224. The predicted octanol–water partition coefficient (Wildman–Crippen LogP) is 2.22. The molecule has 3 nitrogen and oxygen atoms in total. The molecule has 0 saturated carbocycles. The molecule has 1 atom stereocenters. The van der Waals surface area contributed by atoms with Crippen molar-refractivity contribution in [2.75, 3.05) is 45.6 Å². The minimum atomic E-state index is 0.459. The quantitative estimate of drug-likeness (QED) is 0.720. The zero-order valence-electron chi connectivity index (χ0n) is 12.5. The molecule has 0 radical (unpaired) electrons. The monoisotopic (exact) mass is 274 g/mol. The Hall–Kier alpha value is 0.230. The van der Waals surface area contributed by atoms with E-state index in [0.29, 0.717) is 10.8 Å². The maximum atomic E-state index is 5.05. The van der Waals surface area contributed by atoms with Crippen molar-refractivity contribution in [2.24, 2.45) is 0 Å². The molecule has 1 unspecified atom stereocenters. The fourth-order valence-electron chi connectivity index (χ4n) is 2.26. The third kappa shape index (κ3) is 6.41. The van der Waals surface area contributed by atoms with Crippen LogP contribution in [0.15, 0.2) is 0 Å². The van der Waals surface area contributed by atoms with Gasteiger partial charge in [-0.15, -0.1) is 0 Å². The van der Waals surface area contributed by atoms with Crippen molar-refractivity contribution in [1.29, 1.82) is 0 Å². The number of rotatable bonds is 7. The van der Waals surface area contributed by atoms with Crippen LogP contribution in [0.5, 0.6) is 0 Å². The number of hydrogen-bond donors (Lipinski definition) is 1. The maximum absolute atomic E-state index is 5.05. The molecule has 0 aromatic carbocycles. The molecule has 0 spiro atoms. The van der Waals surface area contributed by atoms with E-state index in [0.717, 1.165) is 26.1 Å². The molecule has 0 amide bonds. The van der Waals surface area contributed by atoms with Crippen molar-refractivity contribution in [2.45, 2.75) is 44.4 Å². The van der Waals surface area contributed by atoms with Crippen molar-refractivity contribution in [3.63, 3.8) is 0 Å². The molecule has 0 bridgehead atoms. The van der Waals surface area contributed by atoms with E-state index in [-0.39, 0.29) is 0 Å². The molecule has 108 valence electrons. The van der Waals surface area contributed by atoms with Crippen molar-refractivity contribution < 1.29 is 4.74 Å². The van der Waals surface area contributed by atoms with Crippen LogP contribution in [0.3, 0.4) is 0 Å². The Morgan fingerprint density at radius 1 is 1.39 bits per heavy atom. The Morgan fingerprint density at radius 3 is 2.89 bits per heavy atom. The Labute approximate surface area is 117 Å². The molecule has 1 saturated heterocycles. The lowest BCUT2D eigenvalue weighted by Crippen LogP contribution is -2.42. The first kappa shape index (κ1) is 16.3. The maximum Gasteiger partial charge on any atom is 0.0474 e. The molecule has 0 aromatic rings. The topological polar surface area (TPSA) is 24.5 Å². The molecule has 0 aromatic heterocycles. The summed E-state index contributed by atoms with van der Waals surface area (Å²) < 4.78 is 5.51.